The first-order chi connectivity index (χ1) is 8.38. The van der Waals surface area contributed by atoms with Crippen LogP contribution in [0.15, 0.2) is 28.6 Å². The molecule has 0 aliphatic carbocycles. The predicted molar refractivity (Wildman–Crippen MR) is 71.3 cm³/mol. The Morgan fingerprint density at radius 2 is 2.29 bits per heavy atom. The number of hydrogen-bond donors (Lipinski definition) is 0. The van der Waals surface area contributed by atoms with Crippen LogP contribution in [0, 0.1) is 11.3 Å². The van der Waals surface area contributed by atoms with E-state index < -0.39 is 0 Å². The molecule has 0 fully saturated rings. The summed E-state index contributed by atoms with van der Waals surface area (Å²) in [6.45, 7) is 0. The van der Waals surface area contributed by atoms with Crippen molar-refractivity contribution < 1.29 is 0 Å². The van der Waals surface area contributed by atoms with Crippen molar-refractivity contribution >= 4 is 23.1 Å². The minimum Gasteiger partial charge on any atom is -0.243 e. The van der Waals surface area contributed by atoms with Gasteiger partial charge in [-0.2, -0.15) is 5.26 Å². The Labute approximate surface area is 108 Å². The van der Waals surface area contributed by atoms with Gasteiger partial charge in [0.1, 0.15) is 10.9 Å². The molecule has 1 aromatic heterocycles. The zero-order valence-corrected chi connectivity index (χ0v) is 10.8. The fourth-order valence-electron chi connectivity index (χ4n) is 2.04. The van der Waals surface area contributed by atoms with Crippen LogP contribution in [0.5, 0.6) is 0 Å². The van der Waals surface area contributed by atoms with Crippen LogP contribution < -0.4 is 0 Å². The van der Waals surface area contributed by atoms with Gasteiger partial charge in [-0.05, 0) is 36.3 Å². The molecule has 2 nitrogen and oxygen atoms in total. The molecule has 0 saturated carbocycles. The predicted octanol–water partition coefficient (Wildman–Crippen LogP) is 3.72. The molecule has 4 heteroatoms. The van der Waals surface area contributed by atoms with Crippen LogP contribution in [0.2, 0.25) is 0 Å². The van der Waals surface area contributed by atoms with Gasteiger partial charge in [0.2, 0.25) is 0 Å². The number of aromatic nitrogens is 1. The van der Waals surface area contributed by atoms with Gasteiger partial charge in [0.25, 0.3) is 0 Å². The van der Waals surface area contributed by atoms with Crippen LogP contribution >= 0.6 is 23.1 Å². The van der Waals surface area contributed by atoms with E-state index in [-0.39, 0.29) is 0 Å². The van der Waals surface area contributed by atoms with E-state index in [0.717, 1.165) is 17.7 Å². The Morgan fingerprint density at radius 3 is 3.18 bits per heavy atom. The summed E-state index contributed by atoms with van der Waals surface area (Å²) < 4.78 is 0. The molecule has 0 radical (unpaired) electrons. The van der Waals surface area contributed by atoms with Crippen molar-refractivity contribution in [2.45, 2.75) is 17.7 Å². The first-order valence-electron chi connectivity index (χ1n) is 5.48. The minimum absolute atomic E-state index is 0.702. The first-order valence-corrected chi connectivity index (χ1v) is 7.34. The largest absolute Gasteiger partial charge is 0.243 e. The molecule has 0 bridgehead atoms. The lowest BCUT2D eigenvalue weighted by atomic mass is 10.0. The summed E-state index contributed by atoms with van der Waals surface area (Å²) in [4.78, 5) is 6.38. The van der Waals surface area contributed by atoms with Gasteiger partial charge >= 0.3 is 0 Å². The highest BCUT2D eigenvalue weighted by atomic mass is 32.2. The number of aryl methyl sites for hydroxylation is 1. The third kappa shape index (κ3) is 1.97. The summed E-state index contributed by atoms with van der Waals surface area (Å²) in [5.74, 6) is 1.21. The summed E-state index contributed by atoms with van der Waals surface area (Å²) in [5, 5.41) is 9.02. The number of thioether (sulfide) groups is 1. The maximum Gasteiger partial charge on any atom is 0.132 e. The molecule has 0 saturated heterocycles. The molecule has 0 N–H and O–H groups in total. The molecule has 0 unspecified atom stereocenters. The number of rotatable bonds is 1. The second kappa shape index (κ2) is 4.52. The Bertz CT molecular complexity index is 596. The molecule has 1 aromatic carbocycles. The van der Waals surface area contributed by atoms with Gasteiger partial charge in [0.05, 0.1) is 11.2 Å². The van der Waals surface area contributed by atoms with Crippen LogP contribution in [-0.4, -0.2) is 10.7 Å². The number of nitriles is 1. The van der Waals surface area contributed by atoms with Crippen molar-refractivity contribution in [1.82, 2.24) is 4.98 Å². The van der Waals surface area contributed by atoms with E-state index in [1.807, 2.05) is 11.8 Å². The van der Waals surface area contributed by atoms with Crippen molar-refractivity contribution in [2.75, 3.05) is 5.75 Å². The average Bonchev–Trinajstić information content (AvgIpc) is 2.86. The average molecular weight is 258 g/mol. The highest BCUT2D eigenvalue weighted by Gasteiger charge is 2.13. The van der Waals surface area contributed by atoms with Gasteiger partial charge < -0.3 is 0 Å². The molecule has 0 spiro atoms. The number of benzene rings is 1. The van der Waals surface area contributed by atoms with Crippen LogP contribution in [-0.2, 0) is 6.42 Å². The van der Waals surface area contributed by atoms with E-state index in [1.165, 1.54) is 34.0 Å². The van der Waals surface area contributed by atoms with Crippen molar-refractivity contribution in [3.63, 3.8) is 0 Å². The van der Waals surface area contributed by atoms with Crippen molar-refractivity contribution in [3.05, 3.63) is 34.2 Å². The van der Waals surface area contributed by atoms with Crippen molar-refractivity contribution in [2.24, 2.45) is 0 Å². The molecular weight excluding hydrogens is 248 g/mol. The van der Waals surface area contributed by atoms with Crippen molar-refractivity contribution in [3.8, 4) is 17.3 Å². The highest BCUT2D eigenvalue weighted by molar-refractivity contribution is 7.99. The summed E-state index contributed by atoms with van der Waals surface area (Å²) >= 11 is 3.33. The molecule has 2 heterocycles. The van der Waals surface area contributed by atoms with E-state index >= 15 is 0 Å². The van der Waals surface area contributed by atoms with Gasteiger partial charge in [0, 0.05) is 10.5 Å². The number of hydrogen-bond acceptors (Lipinski definition) is 4. The fraction of sp³-hybridized carbons (Fsp3) is 0.231. The van der Waals surface area contributed by atoms with Gasteiger partial charge in [-0.1, -0.05) is 6.07 Å². The number of fused-ring (bicyclic) bond motifs is 1. The number of thiazole rings is 1. The Morgan fingerprint density at radius 1 is 1.35 bits per heavy atom. The third-order valence-electron chi connectivity index (χ3n) is 2.85. The van der Waals surface area contributed by atoms with Crippen LogP contribution in [0.25, 0.3) is 11.3 Å². The summed E-state index contributed by atoms with van der Waals surface area (Å²) in [6.07, 6.45) is 2.38. The maximum atomic E-state index is 9.02. The third-order valence-corrected chi connectivity index (χ3v) is 4.78. The SMILES string of the molecule is N#Cc1scnc1-c1ccc2c(c1)CCCS2. The second-order valence-corrected chi connectivity index (χ2v) is 5.91. The fourth-order valence-corrected chi connectivity index (χ4v) is 3.66. The van der Waals surface area contributed by atoms with Gasteiger partial charge in [-0.3, -0.25) is 0 Å². The number of nitrogens with zero attached hydrogens (tertiary/aromatic N) is 2. The topological polar surface area (TPSA) is 36.7 Å². The van der Waals surface area contributed by atoms with Gasteiger partial charge in [0.15, 0.2) is 0 Å². The lowest BCUT2D eigenvalue weighted by Gasteiger charge is -2.15. The first kappa shape index (κ1) is 10.8. The van der Waals surface area contributed by atoms with E-state index in [9.17, 15) is 0 Å². The molecular formula is C13H10N2S2. The Hall–Kier alpha value is -1.31. The minimum atomic E-state index is 0.702. The van der Waals surface area contributed by atoms with E-state index in [2.05, 4.69) is 29.3 Å². The smallest absolute Gasteiger partial charge is 0.132 e. The Balaban J connectivity index is 2.08. The lowest BCUT2D eigenvalue weighted by Crippen LogP contribution is -1.98. The monoisotopic (exact) mass is 258 g/mol. The zero-order valence-electron chi connectivity index (χ0n) is 9.14. The van der Waals surface area contributed by atoms with Crippen molar-refractivity contribution in [1.29, 1.82) is 5.26 Å². The molecule has 3 rings (SSSR count). The zero-order chi connectivity index (χ0) is 11.7. The van der Waals surface area contributed by atoms with E-state index in [1.54, 1.807) is 5.51 Å². The Kier molecular flexibility index (Phi) is 2.87. The van der Waals surface area contributed by atoms with E-state index in [0.29, 0.717) is 4.88 Å². The van der Waals surface area contributed by atoms with Gasteiger partial charge in [-0.25, -0.2) is 4.98 Å². The standard InChI is InChI=1S/C13H10N2S2/c14-7-12-13(15-8-17-12)10-3-4-11-9(6-10)2-1-5-16-11/h3-4,6,8H,1-2,5H2. The second-order valence-electron chi connectivity index (χ2n) is 3.92. The lowest BCUT2D eigenvalue weighted by molar-refractivity contribution is 0.890. The van der Waals surface area contributed by atoms with Crippen LogP contribution in [0.1, 0.15) is 16.9 Å². The highest BCUT2D eigenvalue weighted by Crippen LogP contribution is 2.34. The molecule has 17 heavy (non-hydrogen) atoms. The van der Waals surface area contributed by atoms with Gasteiger partial charge in [-0.15, -0.1) is 23.1 Å². The van der Waals surface area contributed by atoms with E-state index in [4.69, 9.17) is 5.26 Å². The molecule has 1 aliphatic heterocycles. The van der Waals surface area contributed by atoms with Crippen LogP contribution in [0.4, 0.5) is 0 Å². The molecule has 0 amide bonds. The molecule has 84 valence electrons. The quantitative estimate of drug-likeness (QED) is 0.782. The van der Waals surface area contributed by atoms with Crippen LogP contribution in [0.3, 0.4) is 0 Å². The summed E-state index contributed by atoms with van der Waals surface area (Å²) in [6, 6.07) is 8.63. The molecule has 1 aliphatic rings. The normalized spacial score (nSPS) is 14.1. The molecule has 2 aromatic rings. The molecule has 0 atom stereocenters. The summed E-state index contributed by atoms with van der Waals surface area (Å²) in [5.41, 5.74) is 5.04. The summed E-state index contributed by atoms with van der Waals surface area (Å²) in [7, 11) is 0. The maximum absolute atomic E-state index is 9.02.